The summed E-state index contributed by atoms with van der Waals surface area (Å²) in [7, 11) is 1.61. The molecule has 0 radical (unpaired) electrons. The SMILES string of the molecule is COc1ccc(OC2CNC2)c(Cl)c1. The minimum Gasteiger partial charge on any atom is -0.497 e. The summed E-state index contributed by atoms with van der Waals surface area (Å²) in [6.07, 6.45) is 0.251. The number of nitrogens with one attached hydrogen (secondary N) is 1. The van der Waals surface area contributed by atoms with Gasteiger partial charge >= 0.3 is 0 Å². The molecule has 2 rings (SSSR count). The van der Waals surface area contributed by atoms with E-state index in [0.717, 1.165) is 24.6 Å². The van der Waals surface area contributed by atoms with Crippen molar-refractivity contribution in [2.75, 3.05) is 20.2 Å². The van der Waals surface area contributed by atoms with Crippen LogP contribution in [-0.4, -0.2) is 26.3 Å². The van der Waals surface area contributed by atoms with Gasteiger partial charge < -0.3 is 14.8 Å². The van der Waals surface area contributed by atoms with Crippen LogP contribution in [0.2, 0.25) is 5.02 Å². The summed E-state index contributed by atoms with van der Waals surface area (Å²) in [5, 5.41) is 3.72. The minimum absolute atomic E-state index is 0.251. The molecule has 3 nitrogen and oxygen atoms in total. The van der Waals surface area contributed by atoms with Crippen molar-refractivity contribution >= 4 is 11.6 Å². The highest BCUT2D eigenvalue weighted by atomic mass is 35.5. The highest BCUT2D eigenvalue weighted by Gasteiger charge is 2.19. The Morgan fingerprint density at radius 1 is 1.43 bits per heavy atom. The zero-order valence-electron chi connectivity index (χ0n) is 7.92. The Morgan fingerprint density at radius 2 is 2.21 bits per heavy atom. The fourth-order valence-corrected chi connectivity index (χ4v) is 1.44. The second-order valence-electron chi connectivity index (χ2n) is 3.19. The van der Waals surface area contributed by atoms with E-state index in [0.29, 0.717) is 5.02 Å². The average molecular weight is 214 g/mol. The van der Waals surface area contributed by atoms with Gasteiger partial charge in [0.15, 0.2) is 0 Å². The van der Waals surface area contributed by atoms with Gasteiger partial charge in [-0.3, -0.25) is 0 Å². The molecule has 0 spiro atoms. The van der Waals surface area contributed by atoms with Gasteiger partial charge in [0.2, 0.25) is 0 Å². The molecule has 1 aliphatic heterocycles. The number of ether oxygens (including phenoxy) is 2. The summed E-state index contributed by atoms with van der Waals surface area (Å²) in [5.41, 5.74) is 0. The molecule has 1 aromatic rings. The smallest absolute Gasteiger partial charge is 0.138 e. The maximum Gasteiger partial charge on any atom is 0.138 e. The Kier molecular flexibility index (Phi) is 2.79. The molecule has 1 N–H and O–H groups in total. The van der Waals surface area contributed by atoms with Crippen molar-refractivity contribution < 1.29 is 9.47 Å². The molecule has 1 aliphatic rings. The fourth-order valence-electron chi connectivity index (χ4n) is 1.23. The van der Waals surface area contributed by atoms with Crippen LogP contribution >= 0.6 is 11.6 Å². The molecule has 1 fully saturated rings. The third-order valence-corrected chi connectivity index (χ3v) is 2.47. The summed E-state index contributed by atoms with van der Waals surface area (Å²) in [6.45, 7) is 1.78. The van der Waals surface area contributed by atoms with Crippen molar-refractivity contribution in [1.82, 2.24) is 5.32 Å². The molecule has 0 atom stereocenters. The van der Waals surface area contributed by atoms with E-state index >= 15 is 0 Å². The standard InChI is InChI=1S/C10H12ClNO2/c1-13-7-2-3-10(9(11)4-7)14-8-5-12-6-8/h2-4,8,12H,5-6H2,1H3. The molecule has 1 saturated heterocycles. The van der Waals surface area contributed by atoms with Gasteiger partial charge in [-0.05, 0) is 12.1 Å². The number of hydrogen-bond acceptors (Lipinski definition) is 3. The van der Waals surface area contributed by atoms with Gasteiger partial charge in [-0.1, -0.05) is 11.6 Å². The van der Waals surface area contributed by atoms with Gasteiger partial charge in [0.05, 0.1) is 12.1 Å². The number of hydrogen-bond donors (Lipinski definition) is 1. The van der Waals surface area contributed by atoms with Gasteiger partial charge in [-0.2, -0.15) is 0 Å². The summed E-state index contributed by atoms with van der Waals surface area (Å²) in [5.74, 6) is 1.47. The largest absolute Gasteiger partial charge is 0.497 e. The first-order valence-electron chi connectivity index (χ1n) is 4.50. The van der Waals surface area contributed by atoms with Crippen LogP contribution < -0.4 is 14.8 Å². The van der Waals surface area contributed by atoms with Crippen LogP contribution in [0.4, 0.5) is 0 Å². The second-order valence-corrected chi connectivity index (χ2v) is 3.60. The first-order chi connectivity index (χ1) is 6.79. The third-order valence-electron chi connectivity index (χ3n) is 2.18. The van der Waals surface area contributed by atoms with Gasteiger partial charge in [0, 0.05) is 19.2 Å². The van der Waals surface area contributed by atoms with Gasteiger partial charge in [0.25, 0.3) is 0 Å². The van der Waals surface area contributed by atoms with E-state index < -0.39 is 0 Å². The lowest BCUT2D eigenvalue weighted by molar-refractivity contribution is 0.142. The maximum absolute atomic E-state index is 6.01. The zero-order chi connectivity index (χ0) is 9.97. The van der Waals surface area contributed by atoms with Gasteiger partial charge in [-0.25, -0.2) is 0 Å². The van der Waals surface area contributed by atoms with E-state index in [1.54, 1.807) is 13.2 Å². The van der Waals surface area contributed by atoms with Crippen molar-refractivity contribution in [2.24, 2.45) is 0 Å². The van der Waals surface area contributed by atoms with Crippen molar-refractivity contribution in [3.63, 3.8) is 0 Å². The average Bonchev–Trinajstić information content (AvgIpc) is 2.13. The summed E-state index contributed by atoms with van der Waals surface area (Å²) in [6, 6.07) is 5.43. The van der Waals surface area contributed by atoms with E-state index in [2.05, 4.69) is 5.32 Å². The van der Waals surface area contributed by atoms with E-state index in [9.17, 15) is 0 Å². The molecule has 0 aromatic heterocycles. The number of benzene rings is 1. The van der Waals surface area contributed by atoms with Crippen molar-refractivity contribution in [1.29, 1.82) is 0 Å². The van der Waals surface area contributed by atoms with Crippen LogP contribution in [-0.2, 0) is 0 Å². The number of halogens is 1. The van der Waals surface area contributed by atoms with Crippen molar-refractivity contribution in [3.8, 4) is 11.5 Å². The summed E-state index contributed by atoms with van der Waals surface area (Å²) in [4.78, 5) is 0. The topological polar surface area (TPSA) is 30.5 Å². The highest BCUT2D eigenvalue weighted by molar-refractivity contribution is 6.32. The van der Waals surface area contributed by atoms with Crippen molar-refractivity contribution in [2.45, 2.75) is 6.10 Å². The minimum atomic E-state index is 0.251. The molecule has 1 heterocycles. The molecule has 4 heteroatoms. The van der Waals surface area contributed by atoms with Crippen LogP contribution in [0.25, 0.3) is 0 Å². The van der Waals surface area contributed by atoms with Crippen molar-refractivity contribution in [3.05, 3.63) is 23.2 Å². The van der Waals surface area contributed by atoms with Gasteiger partial charge in [0.1, 0.15) is 17.6 Å². The molecule has 1 aromatic carbocycles. The Balaban J connectivity index is 2.09. The molecule has 0 saturated carbocycles. The Bertz CT molecular complexity index is 326. The molecule has 0 unspecified atom stereocenters. The Morgan fingerprint density at radius 3 is 2.71 bits per heavy atom. The highest BCUT2D eigenvalue weighted by Crippen LogP contribution is 2.29. The molecule has 76 valence electrons. The molecular formula is C10H12ClNO2. The van der Waals surface area contributed by atoms with E-state index in [1.165, 1.54) is 0 Å². The molecule has 0 aliphatic carbocycles. The van der Waals surface area contributed by atoms with Crippen LogP contribution in [0.3, 0.4) is 0 Å². The van der Waals surface area contributed by atoms with Gasteiger partial charge in [-0.15, -0.1) is 0 Å². The lowest BCUT2D eigenvalue weighted by Gasteiger charge is -2.28. The van der Waals surface area contributed by atoms with Crippen LogP contribution in [0, 0.1) is 0 Å². The predicted molar refractivity (Wildman–Crippen MR) is 55.3 cm³/mol. The van der Waals surface area contributed by atoms with Crippen LogP contribution in [0.1, 0.15) is 0 Å². The summed E-state index contributed by atoms with van der Waals surface area (Å²) < 4.78 is 10.7. The first kappa shape index (κ1) is 9.62. The zero-order valence-corrected chi connectivity index (χ0v) is 8.67. The Hall–Kier alpha value is -0.930. The lowest BCUT2D eigenvalue weighted by Crippen LogP contribution is -2.50. The van der Waals surface area contributed by atoms with E-state index in [4.69, 9.17) is 21.1 Å². The second kappa shape index (κ2) is 4.07. The molecular weight excluding hydrogens is 202 g/mol. The molecule has 0 bridgehead atoms. The predicted octanol–water partition coefficient (Wildman–Crippen LogP) is 1.70. The van der Waals surface area contributed by atoms with E-state index in [1.807, 2.05) is 12.1 Å². The molecule has 14 heavy (non-hydrogen) atoms. The monoisotopic (exact) mass is 213 g/mol. The fraction of sp³-hybridized carbons (Fsp3) is 0.400. The van der Waals surface area contributed by atoms with Crippen LogP contribution in [0.15, 0.2) is 18.2 Å². The Labute approximate surface area is 88.0 Å². The van der Waals surface area contributed by atoms with Crippen LogP contribution in [0.5, 0.6) is 11.5 Å². The quantitative estimate of drug-likeness (QED) is 0.829. The van der Waals surface area contributed by atoms with E-state index in [-0.39, 0.29) is 6.10 Å². The normalized spacial score (nSPS) is 16.1. The maximum atomic E-state index is 6.01. The molecule has 0 amide bonds. The first-order valence-corrected chi connectivity index (χ1v) is 4.88. The number of methoxy groups -OCH3 is 1. The number of rotatable bonds is 3. The lowest BCUT2D eigenvalue weighted by atomic mass is 10.2. The summed E-state index contributed by atoms with van der Waals surface area (Å²) >= 11 is 6.01. The third kappa shape index (κ3) is 1.94.